The molecule has 2 N–H and O–H groups in total. The van der Waals surface area contributed by atoms with E-state index in [1.807, 2.05) is 0 Å². The number of carbonyl (C=O) groups excluding carboxylic acids is 1. The molecule has 132 valence electrons. The topological polar surface area (TPSA) is 117 Å². The van der Waals surface area contributed by atoms with Crippen molar-refractivity contribution in [3.63, 3.8) is 0 Å². The van der Waals surface area contributed by atoms with Crippen molar-refractivity contribution >= 4 is 33.9 Å². The Labute approximate surface area is 145 Å². The number of sulfonamides is 1. The smallest absolute Gasteiger partial charge is 0.231 e. The largest absolute Gasteiger partial charge is 0.476 e. The molecule has 1 fully saturated rings. The fourth-order valence-corrected chi connectivity index (χ4v) is 4.26. The van der Waals surface area contributed by atoms with Gasteiger partial charge in [0.1, 0.15) is 5.78 Å². The van der Waals surface area contributed by atoms with Crippen LogP contribution in [0.2, 0.25) is 0 Å². The molecule has 0 amide bonds. The van der Waals surface area contributed by atoms with Gasteiger partial charge >= 0.3 is 0 Å². The summed E-state index contributed by atoms with van der Waals surface area (Å²) >= 11 is 0. The molecule has 0 saturated heterocycles. The molecule has 2 aromatic rings. The van der Waals surface area contributed by atoms with Crippen LogP contribution in [0.25, 0.3) is 5.65 Å². The van der Waals surface area contributed by atoms with E-state index in [4.69, 9.17) is 9.88 Å². The lowest BCUT2D eigenvalue weighted by molar-refractivity contribution is -0.124. The summed E-state index contributed by atoms with van der Waals surface area (Å²) in [6, 6.07) is 3.42. The minimum Gasteiger partial charge on any atom is -0.476 e. The number of Topliss-reactive ketones (excluding diaryl/α,β-unsaturated/α-hetero) is 1. The van der Waals surface area contributed by atoms with Gasteiger partial charge in [0.15, 0.2) is 5.65 Å². The Balaban J connectivity index is 0.00000208. The number of halogens is 1. The molecule has 2 heterocycles. The molecule has 1 aliphatic rings. The molecule has 1 saturated carbocycles. The standard InChI is InChI=1S/C14H18N4O4S.ClH/c15-23(20,21)10-14(5-1-2-11(19)8-14)9-22-13-4-3-12-16-6-7-18(12)17-13;/h3-4,6-7H,1-2,5,8-10H2,(H2,15,20,21);1H. The van der Waals surface area contributed by atoms with Gasteiger partial charge in [0.2, 0.25) is 15.9 Å². The lowest BCUT2D eigenvalue weighted by Crippen LogP contribution is -2.42. The third-order valence-corrected chi connectivity index (χ3v) is 5.01. The summed E-state index contributed by atoms with van der Waals surface area (Å²) in [7, 11) is -3.70. The van der Waals surface area contributed by atoms with Crippen molar-refractivity contribution in [1.29, 1.82) is 0 Å². The lowest BCUT2D eigenvalue weighted by atomic mass is 9.75. The second-order valence-electron chi connectivity index (χ2n) is 6.07. The first kappa shape index (κ1) is 18.6. The minimum absolute atomic E-state index is 0. The van der Waals surface area contributed by atoms with E-state index in [1.165, 1.54) is 0 Å². The monoisotopic (exact) mass is 374 g/mol. The number of fused-ring (bicyclic) bond motifs is 1. The van der Waals surface area contributed by atoms with E-state index >= 15 is 0 Å². The third-order valence-electron chi connectivity index (χ3n) is 4.00. The van der Waals surface area contributed by atoms with Crippen molar-refractivity contribution in [3.05, 3.63) is 24.5 Å². The lowest BCUT2D eigenvalue weighted by Gasteiger charge is -2.35. The highest BCUT2D eigenvalue weighted by Gasteiger charge is 2.40. The zero-order chi connectivity index (χ0) is 16.5. The number of hydrogen-bond donors (Lipinski definition) is 1. The molecule has 10 heteroatoms. The number of ether oxygens (including phenoxy) is 1. The molecular weight excluding hydrogens is 356 g/mol. The number of carbonyl (C=O) groups is 1. The Kier molecular flexibility index (Phi) is 5.46. The van der Waals surface area contributed by atoms with Crippen LogP contribution < -0.4 is 9.88 Å². The SMILES string of the molecule is Cl.NS(=O)(=O)CC1(COc2ccc3nccn3n2)CCCC(=O)C1. The Morgan fingerprint density at radius 3 is 2.88 bits per heavy atom. The van der Waals surface area contributed by atoms with Crippen LogP contribution in [0.1, 0.15) is 25.7 Å². The number of aromatic nitrogens is 3. The van der Waals surface area contributed by atoms with Gasteiger partial charge < -0.3 is 4.74 Å². The summed E-state index contributed by atoms with van der Waals surface area (Å²) in [5.41, 5.74) is -0.0986. The highest BCUT2D eigenvalue weighted by molar-refractivity contribution is 7.89. The van der Waals surface area contributed by atoms with Gasteiger partial charge in [-0.25, -0.2) is 23.1 Å². The molecule has 0 aromatic carbocycles. The molecule has 0 aliphatic heterocycles. The molecule has 8 nitrogen and oxygen atoms in total. The van der Waals surface area contributed by atoms with Crippen LogP contribution in [0.5, 0.6) is 5.88 Å². The fourth-order valence-electron chi connectivity index (χ4n) is 3.07. The van der Waals surface area contributed by atoms with Gasteiger partial charge in [0, 0.05) is 36.7 Å². The maximum Gasteiger partial charge on any atom is 0.231 e. The average Bonchev–Trinajstić information content (AvgIpc) is 2.91. The maximum atomic E-state index is 11.8. The quantitative estimate of drug-likeness (QED) is 0.832. The predicted molar refractivity (Wildman–Crippen MR) is 89.6 cm³/mol. The number of rotatable bonds is 5. The second kappa shape index (κ2) is 7.04. The third kappa shape index (κ3) is 4.43. The van der Waals surface area contributed by atoms with Gasteiger partial charge in [-0.1, -0.05) is 0 Å². The van der Waals surface area contributed by atoms with E-state index in [-0.39, 0.29) is 37.0 Å². The first-order valence-electron chi connectivity index (χ1n) is 7.31. The molecule has 0 bridgehead atoms. The van der Waals surface area contributed by atoms with Crippen molar-refractivity contribution < 1.29 is 17.9 Å². The fraction of sp³-hybridized carbons (Fsp3) is 0.500. The molecule has 1 aliphatic carbocycles. The van der Waals surface area contributed by atoms with Gasteiger partial charge in [-0.15, -0.1) is 17.5 Å². The Hall–Kier alpha value is -1.71. The van der Waals surface area contributed by atoms with E-state index in [0.717, 1.165) is 0 Å². The summed E-state index contributed by atoms with van der Waals surface area (Å²) in [4.78, 5) is 15.9. The van der Waals surface area contributed by atoms with Crippen LogP contribution >= 0.6 is 12.4 Å². The van der Waals surface area contributed by atoms with Gasteiger partial charge in [-0.05, 0) is 18.9 Å². The van der Waals surface area contributed by atoms with E-state index in [0.29, 0.717) is 30.8 Å². The molecule has 3 rings (SSSR count). The summed E-state index contributed by atoms with van der Waals surface area (Å²) < 4.78 is 30.3. The molecule has 1 unspecified atom stereocenters. The Morgan fingerprint density at radius 2 is 2.17 bits per heavy atom. The first-order chi connectivity index (χ1) is 10.9. The minimum atomic E-state index is -3.70. The summed E-state index contributed by atoms with van der Waals surface area (Å²) in [6.07, 6.45) is 5.18. The summed E-state index contributed by atoms with van der Waals surface area (Å²) in [6.45, 7) is 0.0857. The highest BCUT2D eigenvalue weighted by Crippen LogP contribution is 2.36. The van der Waals surface area contributed by atoms with Gasteiger partial charge in [-0.2, -0.15) is 0 Å². The molecule has 0 radical (unpaired) electrons. The van der Waals surface area contributed by atoms with E-state index in [2.05, 4.69) is 10.1 Å². The molecule has 1 atom stereocenters. The molecule has 0 spiro atoms. The number of nitrogens with zero attached hydrogens (tertiary/aromatic N) is 3. The summed E-state index contributed by atoms with van der Waals surface area (Å²) in [5.74, 6) is 0.128. The molecule has 2 aromatic heterocycles. The predicted octanol–water partition coefficient (Wildman–Crippen LogP) is 0.948. The Bertz CT molecular complexity index is 838. The second-order valence-corrected chi connectivity index (χ2v) is 7.68. The van der Waals surface area contributed by atoms with Crippen molar-refractivity contribution in [2.45, 2.75) is 25.7 Å². The van der Waals surface area contributed by atoms with E-state index < -0.39 is 15.4 Å². The Morgan fingerprint density at radius 1 is 1.38 bits per heavy atom. The van der Waals surface area contributed by atoms with Crippen molar-refractivity contribution in [2.24, 2.45) is 10.6 Å². The number of imidazole rings is 1. The molecule has 24 heavy (non-hydrogen) atoms. The van der Waals surface area contributed by atoms with Gasteiger partial charge in [0.05, 0.1) is 12.4 Å². The number of hydrogen-bond acceptors (Lipinski definition) is 6. The highest BCUT2D eigenvalue weighted by atomic mass is 35.5. The van der Waals surface area contributed by atoms with Crippen LogP contribution in [-0.4, -0.2) is 41.2 Å². The van der Waals surface area contributed by atoms with Crippen LogP contribution in [0.4, 0.5) is 0 Å². The van der Waals surface area contributed by atoms with Crippen LogP contribution in [0.15, 0.2) is 24.5 Å². The van der Waals surface area contributed by atoms with Crippen LogP contribution in [-0.2, 0) is 14.8 Å². The van der Waals surface area contributed by atoms with E-state index in [1.54, 1.807) is 29.0 Å². The van der Waals surface area contributed by atoms with Crippen molar-refractivity contribution in [3.8, 4) is 5.88 Å². The number of nitrogens with two attached hydrogens (primary N) is 1. The van der Waals surface area contributed by atoms with Crippen molar-refractivity contribution in [1.82, 2.24) is 14.6 Å². The van der Waals surface area contributed by atoms with Crippen LogP contribution in [0.3, 0.4) is 0 Å². The maximum absolute atomic E-state index is 11.8. The van der Waals surface area contributed by atoms with Gasteiger partial charge in [0.25, 0.3) is 0 Å². The zero-order valence-electron chi connectivity index (χ0n) is 12.9. The first-order valence-corrected chi connectivity index (χ1v) is 9.02. The summed E-state index contributed by atoms with van der Waals surface area (Å²) in [5, 5.41) is 9.44. The van der Waals surface area contributed by atoms with Crippen molar-refractivity contribution in [2.75, 3.05) is 12.4 Å². The zero-order valence-corrected chi connectivity index (χ0v) is 14.6. The number of primary sulfonamides is 1. The van der Waals surface area contributed by atoms with E-state index in [9.17, 15) is 13.2 Å². The average molecular weight is 375 g/mol. The normalized spacial score (nSPS) is 21.5. The van der Waals surface area contributed by atoms with Crippen LogP contribution in [0, 0.1) is 5.41 Å². The molecular formula is C14H19ClN4O4S. The van der Waals surface area contributed by atoms with Gasteiger partial charge in [-0.3, -0.25) is 4.79 Å². The number of ketones is 1.